The zero-order chi connectivity index (χ0) is 17.6. The van der Waals surface area contributed by atoms with Crippen molar-refractivity contribution in [2.75, 3.05) is 17.2 Å². The van der Waals surface area contributed by atoms with Crippen LogP contribution in [0.5, 0.6) is 5.75 Å². The lowest BCUT2D eigenvalue weighted by Gasteiger charge is -2.23. The molecule has 0 bridgehead atoms. The van der Waals surface area contributed by atoms with Gasteiger partial charge in [-0.15, -0.1) is 11.8 Å². The van der Waals surface area contributed by atoms with E-state index in [9.17, 15) is 9.59 Å². The van der Waals surface area contributed by atoms with Crippen molar-refractivity contribution >= 4 is 35.0 Å². The van der Waals surface area contributed by atoms with E-state index in [-0.39, 0.29) is 18.2 Å². The Morgan fingerprint density at radius 2 is 1.96 bits per heavy atom. The molecule has 0 aromatic heterocycles. The van der Waals surface area contributed by atoms with Gasteiger partial charge in [0.05, 0.1) is 23.2 Å². The molecule has 0 saturated carbocycles. The van der Waals surface area contributed by atoms with Crippen molar-refractivity contribution in [3.05, 3.63) is 48.5 Å². The van der Waals surface area contributed by atoms with E-state index >= 15 is 0 Å². The molecule has 0 radical (unpaired) electrons. The Bertz CT molecular complexity index is 779. The van der Waals surface area contributed by atoms with Crippen molar-refractivity contribution < 1.29 is 14.3 Å². The molecule has 1 atom stereocenters. The lowest BCUT2D eigenvalue weighted by molar-refractivity contribution is -0.120. The van der Waals surface area contributed by atoms with Gasteiger partial charge in [-0.25, -0.2) is 0 Å². The fraction of sp³-hybridized carbons (Fsp3) is 0.263. The summed E-state index contributed by atoms with van der Waals surface area (Å²) >= 11 is 1.42. The van der Waals surface area contributed by atoms with Gasteiger partial charge in [-0.3, -0.25) is 9.59 Å². The average molecular weight is 356 g/mol. The highest BCUT2D eigenvalue weighted by Gasteiger charge is 2.28. The number of nitrogens with one attached hydrogen (secondary N) is 2. The van der Waals surface area contributed by atoms with Crippen molar-refractivity contribution in [1.82, 2.24) is 0 Å². The number of fused-ring (bicyclic) bond motifs is 1. The highest BCUT2D eigenvalue weighted by molar-refractivity contribution is 8.01. The van der Waals surface area contributed by atoms with Crippen LogP contribution < -0.4 is 15.4 Å². The zero-order valence-electron chi connectivity index (χ0n) is 14.0. The number of anilines is 2. The maximum atomic E-state index is 12.4. The number of rotatable bonds is 6. The van der Waals surface area contributed by atoms with Gasteiger partial charge in [0.25, 0.3) is 0 Å². The third kappa shape index (κ3) is 4.33. The van der Waals surface area contributed by atoms with E-state index in [0.717, 1.165) is 17.0 Å². The molecule has 3 rings (SSSR count). The summed E-state index contributed by atoms with van der Waals surface area (Å²) in [4.78, 5) is 25.6. The van der Waals surface area contributed by atoms with Gasteiger partial charge in [0, 0.05) is 11.3 Å². The van der Waals surface area contributed by atoms with E-state index in [1.807, 2.05) is 49.4 Å². The topological polar surface area (TPSA) is 67.4 Å². The predicted molar refractivity (Wildman–Crippen MR) is 100 cm³/mol. The summed E-state index contributed by atoms with van der Waals surface area (Å²) in [6.07, 6.45) is 0.994. The SMILES string of the molecule is CCCOc1ccccc1NC(=O)C[C@H]1Sc2ccccc2NC1=O. The van der Waals surface area contributed by atoms with Crippen LogP contribution in [0.25, 0.3) is 0 Å². The fourth-order valence-corrected chi connectivity index (χ4v) is 3.61. The molecule has 1 aliphatic rings. The summed E-state index contributed by atoms with van der Waals surface area (Å²) in [5.74, 6) is 0.290. The molecule has 2 aromatic rings. The molecule has 0 saturated heterocycles. The van der Waals surface area contributed by atoms with Crippen LogP contribution in [-0.2, 0) is 9.59 Å². The summed E-state index contributed by atoms with van der Waals surface area (Å²) < 4.78 is 5.65. The highest BCUT2D eigenvalue weighted by atomic mass is 32.2. The second-order valence-corrected chi connectivity index (χ2v) is 6.93. The third-order valence-corrected chi connectivity index (χ3v) is 4.98. The van der Waals surface area contributed by atoms with Gasteiger partial charge >= 0.3 is 0 Å². The van der Waals surface area contributed by atoms with Crippen LogP contribution in [0.2, 0.25) is 0 Å². The maximum Gasteiger partial charge on any atom is 0.238 e. The minimum absolute atomic E-state index is 0.104. The Morgan fingerprint density at radius 1 is 1.20 bits per heavy atom. The number of thioether (sulfide) groups is 1. The van der Waals surface area contributed by atoms with Crippen molar-refractivity contribution in [3.63, 3.8) is 0 Å². The van der Waals surface area contributed by atoms with Crippen LogP contribution in [0.15, 0.2) is 53.4 Å². The largest absolute Gasteiger partial charge is 0.491 e. The Labute approximate surface area is 151 Å². The van der Waals surface area contributed by atoms with Crippen LogP contribution >= 0.6 is 11.8 Å². The van der Waals surface area contributed by atoms with E-state index in [1.165, 1.54) is 11.8 Å². The van der Waals surface area contributed by atoms with Crippen LogP contribution in [0, 0.1) is 0 Å². The predicted octanol–water partition coefficient (Wildman–Crippen LogP) is 3.92. The Hall–Kier alpha value is -2.47. The van der Waals surface area contributed by atoms with Crippen molar-refractivity contribution in [1.29, 1.82) is 0 Å². The monoisotopic (exact) mass is 356 g/mol. The normalized spacial score (nSPS) is 15.9. The van der Waals surface area contributed by atoms with Crippen LogP contribution in [0.4, 0.5) is 11.4 Å². The summed E-state index contributed by atoms with van der Waals surface area (Å²) in [6.45, 7) is 2.61. The molecule has 5 nitrogen and oxygen atoms in total. The Kier molecular flexibility index (Phi) is 5.60. The number of amides is 2. The lowest BCUT2D eigenvalue weighted by Crippen LogP contribution is -2.32. The number of hydrogen-bond donors (Lipinski definition) is 2. The fourth-order valence-electron chi connectivity index (χ4n) is 2.50. The van der Waals surface area contributed by atoms with E-state index < -0.39 is 5.25 Å². The van der Waals surface area contributed by atoms with E-state index in [2.05, 4.69) is 10.6 Å². The molecule has 0 unspecified atom stereocenters. The van der Waals surface area contributed by atoms with Crippen LogP contribution in [-0.4, -0.2) is 23.7 Å². The van der Waals surface area contributed by atoms with Gasteiger partial charge in [0.2, 0.25) is 11.8 Å². The first kappa shape index (κ1) is 17.4. The lowest BCUT2D eigenvalue weighted by atomic mass is 10.2. The minimum atomic E-state index is -0.446. The van der Waals surface area contributed by atoms with Crippen LogP contribution in [0.3, 0.4) is 0 Å². The number of carbonyl (C=O) groups excluding carboxylic acids is 2. The third-order valence-electron chi connectivity index (χ3n) is 3.70. The number of hydrogen-bond acceptors (Lipinski definition) is 4. The van der Waals surface area contributed by atoms with Crippen LogP contribution in [0.1, 0.15) is 19.8 Å². The summed E-state index contributed by atoms with van der Waals surface area (Å²) in [7, 11) is 0. The van der Waals surface area contributed by atoms with Gasteiger partial charge < -0.3 is 15.4 Å². The average Bonchev–Trinajstić information content (AvgIpc) is 2.61. The number of carbonyl (C=O) groups is 2. The second kappa shape index (κ2) is 8.07. The van der Waals surface area contributed by atoms with E-state index in [0.29, 0.717) is 18.0 Å². The molecule has 130 valence electrons. The van der Waals surface area contributed by atoms with Crippen molar-refractivity contribution in [3.8, 4) is 5.75 Å². The first-order valence-electron chi connectivity index (χ1n) is 8.25. The standard InChI is InChI=1S/C19H20N2O3S/c1-2-11-24-15-9-5-3-7-13(15)20-18(22)12-17-19(23)21-14-8-4-6-10-16(14)25-17/h3-10,17H,2,11-12H2,1H3,(H,20,22)(H,21,23)/t17-/m1/s1. The molecule has 0 spiro atoms. The maximum absolute atomic E-state index is 12.4. The second-order valence-electron chi connectivity index (χ2n) is 5.69. The number of benzene rings is 2. The molecule has 25 heavy (non-hydrogen) atoms. The van der Waals surface area contributed by atoms with E-state index in [4.69, 9.17) is 4.74 Å². The summed E-state index contributed by atoms with van der Waals surface area (Å²) in [5.41, 5.74) is 1.43. The van der Waals surface area contributed by atoms with Gasteiger partial charge in [0.15, 0.2) is 0 Å². The summed E-state index contributed by atoms with van der Waals surface area (Å²) in [5, 5.41) is 5.26. The Balaban J connectivity index is 1.65. The first-order valence-corrected chi connectivity index (χ1v) is 9.13. The van der Waals surface area contributed by atoms with Gasteiger partial charge in [-0.2, -0.15) is 0 Å². The molecule has 0 fully saturated rings. The molecule has 1 aliphatic heterocycles. The van der Waals surface area contributed by atoms with Gasteiger partial charge in [0.1, 0.15) is 5.75 Å². The molecule has 2 aromatic carbocycles. The Morgan fingerprint density at radius 3 is 2.80 bits per heavy atom. The minimum Gasteiger partial charge on any atom is -0.491 e. The zero-order valence-corrected chi connectivity index (χ0v) is 14.8. The molecule has 0 aliphatic carbocycles. The highest BCUT2D eigenvalue weighted by Crippen LogP contribution is 2.36. The first-order chi connectivity index (χ1) is 12.2. The molecule has 2 amide bonds. The molecule has 6 heteroatoms. The van der Waals surface area contributed by atoms with Gasteiger partial charge in [-0.05, 0) is 30.7 Å². The summed E-state index contributed by atoms with van der Waals surface area (Å²) in [6, 6.07) is 14.9. The van der Waals surface area contributed by atoms with Crippen molar-refractivity contribution in [2.45, 2.75) is 29.9 Å². The number of para-hydroxylation sites is 3. The molecular weight excluding hydrogens is 336 g/mol. The van der Waals surface area contributed by atoms with Crippen molar-refractivity contribution in [2.24, 2.45) is 0 Å². The smallest absolute Gasteiger partial charge is 0.238 e. The molecule has 2 N–H and O–H groups in total. The van der Waals surface area contributed by atoms with Gasteiger partial charge in [-0.1, -0.05) is 31.2 Å². The number of ether oxygens (including phenoxy) is 1. The molecular formula is C19H20N2O3S. The van der Waals surface area contributed by atoms with E-state index in [1.54, 1.807) is 6.07 Å². The molecule has 1 heterocycles. The quantitative estimate of drug-likeness (QED) is 0.823.